The van der Waals surface area contributed by atoms with Gasteiger partial charge in [0.2, 0.25) is 0 Å². The molecule has 0 aromatic carbocycles. The van der Waals surface area contributed by atoms with Gasteiger partial charge in [-0.25, -0.2) is 14.6 Å². The van der Waals surface area contributed by atoms with E-state index >= 15 is 0 Å². The Hall–Kier alpha value is -1.67. The predicted octanol–water partition coefficient (Wildman–Crippen LogP) is 1.06. The van der Waals surface area contributed by atoms with Crippen molar-refractivity contribution >= 4 is 23.3 Å². The van der Waals surface area contributed by atoms with Crippen LogP contribution in [-0.4, -0.2) is 60.3 Å². The van der Waals surface area contributed by atoms with Crippen molar-refractivity contribution in [3.05, 3.63) is 16.1 Å². The first kappa shape index (κ1) is 16.4. The third kappa shape index (κ3) is 4.78. The van der Waals surface area contributed by atoms with Crippen LogP contribution in [0.5, 0.6) is 0 Å². The highest BCUT2D eigenvalue weighted by Gasteiger charge is 2.15. The summed E-state index contributed by atoms with van der Waals surface area (Å²) in [4.78, 5) is 28.0. The lowest BCUT2D eigenvalue weighted by Crippen LogP contribution is -2.44. The molecule has 0 bridgehead atoms. The summed E-state index contributed by atoms with van der Waals surface area (Å²) in [6.45, 7) is 2.77. The quantitative estimate of drug-likeness (QED) is 0.785. The number of nitrogens with one attached hydrogen (secondary N) is 1. The summed E-state index contributed by atoms with van der Waals surface area (Å²) in [7, 11) is 3.29. The molecule has 0 fully saturated rings. The van der Waals surface area contributed by atoms with E-state index in [4.69, 9.17) is 9.84 Å². The Balaban J connectivity index is 2.35. The maximum absolute atomic E-state index is 11.8. The third-order valence-electron chi connectivity index (χ3n) is 2.78. The molecule has 2 N–H and O–H groups in total. The smallest absolute Gasteiger partial charge is 0.355 e. The zero-order valence-corrected chi connectivity index (χ0v) is 12.6. The van der Waals surface area contributed by atoms with Crippen molar-refractivity contribution in [2.24, 2.45) is 0 Å². The molecule has 1 unspecified atom stereocenters. The number of nitrogens with zero attached hydrogens (tertiary/aromatic N) is 2. The van der Waals surface area contributed by atoms with Crippen LogP contribution in [0.15, 0.2) is 5.38 Å². The van der Waals surface area contributed by atoms with Gasteiger partial charge in [-0.3, -0.25) is 0 Å². The molecular formula is C12H19N3O4S. The van der Waals surface area contributed by atoms with Crippen molar-refractivity contribution in [1.82, 2.24) is 15.2 Å². The van der Waals surface area contributed by atoms with Crippen LogP contribution < -0.4 is 5.32 Å². The molecule has 112 valence electrons. The number of hydrogen-bond acceptors (Lipinski definition) is 5. The van der Waals surface area contributed by atoms with Gasteiger partial charge < -0.3 is 20.1 Å². The van der Waals surface area contributed by atoms with Crippen LogP contribution in [0.25, 0.3) is 0 Å². The van der Waals surface area contributed by atoms with Gasteiger partial charge in [0.05, 0.1) is 17.7 Å². The van der Waals surface area contributed by atoms with Crippen LogP contribution in [0.1, 0.15) is 22.4 Å². The average molecular weight is 301 g/mol. The highest BCUT2D eigenvalue weighted by molar-refractivity contribution is 7.09. The second-order valence-corrected chi connectivity index (χ2v) is 5.27. The van der Waals surface area contributed by atoms with E-state index in [0.29, 0.717) is 24.6 Å². The van der Waals surface area contributed by atoms with Gasteiger partial charge in [0.25, 0.3) is 0 Å². The van der Waals surface area contributed by atoms with Crippen molar-refractivity contribution in [3.63, 3.8) is 0 Å². The van der Waals surface area contributed by atoms with Gasteiger partial charge in [-0.15, -0.1) is 11.3 Å². The first-order valence-corrected chi connectivity index (χ1v) is 7.01. The minimum Gasteiger partial charge on any atom is -0.476 e. The van der Waals surface area contributed by atoms with Crippen molar-refractivity contribution in [2.45, 2.75) is 19.4 Å². The van der Waals surface area contributed by atoms with Gasteiger partial charge in [0.15, 0.2) is 5.69 Å². The average Bonchev–Trinajstić information content (AvgIpc) is 2.87. The molecule has 0 aliphatic heterocycles. The minimum absolute atomic E-state index is 0.0153. The summed E-state index contributed by atoms with van der Waals surface area (Å²) >= 11 is 1.28. The number of ether oxygens (including phenoxy) is 1. The molecule has 0 aliphatic carbocycles. The van der Waals surface area contributed by atoms with Crippen molar-refractivity contribution in [3.8, 4) is 0 Å². The molecule has 20 heavy (non-hydrogen) atoms. The second kappa shape index (κ2) is 7.81. The number of likely N-dealkylation sites (N-methyl/N-ethyl adjacent to an activating group) is 1. The topological polar surface area (TPSA) is 91.8 Å². The summed E-state index contributed by atoms with van der Waals surface area (Å²) < 4.78 is 4.99. The van der Waals surface area contributed by atoms with Crippen LogP contribution in [0.4, 0.5) is 4.79 Å². The van der Waals surface area contributed by atoms with E-state index in [9.17, 15) is 9.59 Å². The highest BCUT2D eigenvalue weighted by Crippen LogP contribution is 2.09. The molecule has 8 heteroatoms. The molecule has 0 saturated carbocycles. The van der Waals surface area contributed by atoms with Gasteiger partial charge in [-0.2, -0.15) is 0 Å². The Bertz CT molecular complexity index is 463. The Morgan fingerprint density at radius 1 is 1.60 bits per heavy atom. The Morgan fingerprint density at radius 2 is 2.30 bits per heavy atom. The zero-order valence-electron chi connectivity index (χ0n) is 11.8. The van der Waals surface area contributed by atoms with E-state index in [-0.39, 0.29) is 17.8 Å². The van der Waals surface area contributed by atoms with Crippen molar-refractivity contribution < 1.29 is 19.4 Å². The summed E-state index contributed by atoms with van der Waals surface area (Å²) in [6, 6.07) is -0.206. The maximum atomic E-state index is 11.8. The molecule has 0 saturated heterocycles. The normalized spacial score (nSPS) is 11.9. The SMILES string of the molecule is COCC(C)N(C)C(=O)NCCc1nc(C(=O)O)cs1. The number of hydrogen-bond donors (Lipinski definition) is 2. The number of carboxylic acid groups (broad SMARTS) is 1. The fourth-order valence-electron chi connectivity index (χ4n) is 1.48. The van der Waals surface area contributed by atoms with Crippen LogP contribution in [0.3, 0.4) is 0 Å². The molecule has 0 aliphatic rings. The second-order valence-electron chi connectivity index (χ2n) is 4.33. The van der Waals surface area contributed by atoms with Crippen molar-refractivity contribution in [2.75, 3.05) is 27.3 Å². The summed E-state index contributed by atoms with van der Waals surface area (Å²) in [5.74, 6) is -1.04. The first-order valence-electron chi connectivity index (χ1n) is 6.13. The lowest BCUT2D eigenvalue weighted by molar-refractivity contribution is 0.0691. The number of thiazole rings is 1. The molecule has 0 radical (unpaired) electrons. The molecule has 1 aromatic rings. The fourth-order valence-corrected chi connectivity index (χ4v) is 2.25. The Kier molecular flexibility index (Phi) is 6.40. The maximum Gasteiger partial charge on any atom is 0.355 e. The molecule has 1 atom stereocenters. The number of carboxylic acids is 1. The van der Waals surface area contributed by atoms with Crippen molar-refractivity contribution in [1.29, 1.82) is 0 Å². The highest BCUT2D eigenvalue weighted by atomic mass is 32.1. The summed E-state index contributed by atoms with van der Waals surface area (Å²) in [6.07, 6.45) is 0.510. The standard InChI is InChI=1S/C12H19N3O4S/c1-8(6-19-3)15(2)12(18)13-5-4-10-14-9(7-20-10)11(16)17/h7-8H,4-6H2,1-3H3,(H,13,18)(H,16,17). The first-order chi connectivity index (χ1) is 9.45. The molecule has 1 heterocycles. The number of rotatable bonds is 7. The summed E-state index contributed by atoms with van der Waals surface area (Å²) in [5, 5.41) is 13.7. The molecule has 2 amide bonds. The van der Waals surface area contributed by atoms with E-state index < -0.39 is 5.97 Å². The molecule has 1 rings (SSSR count). The van der Waals surface area contributed by atoms with Gasteiger partial charge in [-0.05, 0) is 6.92 Å². The summed E-state index contributed by atoms with van der Waals surface area (Å²) in [5.41, 5.74) is 0.0437. The number of urea groups is 1. The molecule has 1 aromatic heterocycles. The van der Waals surface area contributed by atoms with Crippen LogP contribution in [0, 0.1) is 0 Å². The van der Waals surface area contributed by atoms with Gasteiger partial charge >= 0.3 is 12.0 Å². The Morgan fingerprint density at radius 3 is 2.85 bits per heavy atom. The van der Waals surface area contributed by atoms with E-state index in [1.807, 2.05) is 6.92 Å². The molecule has 7 nitrogen and oxygen atoms in total. The molecular weight excluding hydrogens is 282 g/mol. The van der Waals surface area contributed by atoms with Gasteiger partial charge in [0, 0.05) is 32.5 Å². The van der Waals surface area contributed by atoms with Crippen LogP contribution in [-0.2, 0) is 11.2 Å². The lowest BCUT2D eigenvalue weighted by Gasteiger charge is -2.24. The monoisotopic (exact) mass is 301 g/mol. The van der Waals surface area contributed by atoms with Crippen LogP contribution in [0.2, 0.25) is 0 Å². The largest absolute Gasteiger partial charge is 0.476 e. The number of carbonyl (C=O) groups excluding carboxylic acids is 1. The number of aromatic nitrogens is 1. The van der Waals surface area contributed by atoms with Gasteiger partial charge in [0.1, 0.15) is 0 Å². The third-order valence-corrected chi connectivity index (χ3v) is 3.68. The van der Waals surface area contributed by atoms with E-state index in [0.717, 1.165) is 0 Å². The number of methoxy groups -OCH3 is 1. The minimum atomic E-state index is -1.04. The Labute approximate surface area is 121 Å². The zero-order chi connectivity index (χ0) is 15.1. The van der Waals surface area contributed by atoms with E-state index in [1.165, 1.54) is 16.7 Å². The number of carbonyl (C=O) groups is 2. The van der Waals surface area contributed by atoms with E-state index in [2.05, 4.69) is 10.3 Å². The van der Waals surface area contributed by atoms with E-state index in [1.54, 1.807) is 19.1 Å². The van der Waals surface area contributed by atoms with Crippen LogP contribution >= 0.6 is 11.3 Å². The molecule has 0 spiro atoms. The fraction of sp³-hybridized carbons (Fsp3) is 0.583. The predicted molar refractivity (Wildman–Crippen MR) is 75.3 cm³/mol. The lowest BCUT2D eigenvalue weighted by atomic mass is 10.3. The number of aromatic carboxylic acids is 1. The number of amides is 2. The van der Waals surface area contributed by atoms with Gasteiger partial charge in [-0.1, -0.05) is 0 Å².